The first kappa shape index (κ1) is 29.1. The van der Waals surface area contributed by atoms with Crippen LogP contribution in [0.1, 0.15) is 149 Å². The SMILES string of the molecule is CCCCCCCCCCCCCC(=O)C(CCCCCCCCCC)C(=O)OC. The van der Waals surface area contributed by atoms with Crippen molar-refractivity contribution in [3.8, 4) is 0 Å². The van der Waals surface area contributed by atoms with Crippen LogP contribution in [0, 0.1) is 5.92 Å². The van der Waals surface area contributed by atoms with E-state index in [0.717, 1.165) is 25.7 Å². The normalized spacial score (nSPS) is 12.1. The number of unbranched alkanes of at least 4 members (excludes halogenated alkanes) is 17. The van der Waals surface area contributed by atoms with Crippen molar-refractivity contribution in [1.29, 1.82) is 0 Å². The summed E-state index contributed by atoms with van der Waals surface area (Å²) < 4.78 is 4.90. The van der Waals surface area contributed by atoms with Crippen LogP contribution < -0.4 is 0 Å². The van der Waals surface area contributed by atoms with Gasteiger partial charge < -0.3 is 4.74 Å². The summed E-state index contributed by atoms with van der Waals surface area (Å²) in [5, 5.41) is 0. The van der Waals surface area contributed by atoms with E-state index in [0.29, 0.717) is 12.8 Å². The summed E-state index contributed by atoms with van der Waals surface area (Å²) in [5.74, 6) is -0.759. The lowest BCUT2D eigenvalue weighted by atomic mass is 9.93. The molecule has 3 nitrogen and oxygen atoms in total. The molecule has 0 aromatic rings. The Morgan fingerprint density at radius 2 is 0.933 bits per heavy atom. The number of esters is 1. The van der Waals surface area contributed by atoms with Gasteiger partial charge in [0.1, 0.15) is 11.7 Å². The molecule has 1 unspecified atom stereocenters. The number of methoxy groups -OCH3 is 1. The molecule has 0 radical (unpaired) electrons. The van der Waals surface area contributed by atoms with Gasteiger partial charge in [0, 0.05) is 6.42 Å². The zero-order chi connectivity index (χ0) is 22.3. The van der Waals surface area contributed by atoms with Gasteiger partial charge in [-0.15, -0.1) is 0 Å². The summed E-state index contributed by atoms with van der Waals surface area (Å²) in [7, 11) is 1.40. The Morgan fingerprint density at radius 3 is 1.33 bits per heavy atom. The fourth-order valence-electron chi connectivity index (χ4n) is 4.17. The first-order valence-corrected chi connectivity index (χ1v) is 13.3. The van der Waals surface area contributed by atoms with Crippen LogP contribution in [0.2, 0.25) is 0 Å². The van der Waals surface area contributed by atoms with Gasteiger partial charge in [0.15, 0.2) is 0 Å². The van der Waals surface area contributed by atoms with Crippen molar-refractivity contribution in [3.05, 3.63) is 0 Å². The molecule has 0 amide bonds. The highest BCUT2D eigenvalue weighted by Gasteiger charge is 2.26. The Labute approximate surface area is 188 Å². The lowest BCUT2D eigenvalue weighted by Gasteiger charge is -2.13. The summed E-state index contributed by atoms with van der Waals surface area (Å²) in [6.45, 7) is 4.50. The second-order valence-electron chi connectivity index (χ2n) is 9.09. The summed E-state index contributed by atoms with van der Waals surface area (Å²) in [5.41, 5.74) is 0. The third-order valence-corrected chi connectivity index (χ3v) is 6.25. The molecule has 0 aromatic heterocycles. The number of hydrogen-bond acceptors (Lipinski definition) is 3. The molecular formula is C27H52O3. The molecule has 0 heterocycles. The van der Waals surface area contributed by atoms with Gasteiger partial charge in [-0.05, 0) is 12.8 Å². The predicted molar refractivity (Wildman–Crippen MR) is 129 cm³/mol. The van der Waals surface area contributed by atoms with Gasteiger partial charge in [0.25, 0.3) is 0 Å². The molecule has 0 saturated carbocycles. The molecule has 0 fully saturated rings. The van der Waals surface area contributed by atoms with Gasteiger partial charge >= 0.3 is 5.97 Å². The number of ether oxygens (including phenoxy) is 1. The van der Waals surface area contributed by atoms with Gasteiger partial charge in [-0.3, -0.25) is 9.59 Å². The smallest absolute Gasteiger partial charge is 0.316 e. The highest BCUT2D eigenvalue weighted by molar-refractivity contribution is 5.98. The zero-order valence-electron chi connectivity index (χ0n) is 20.7. The maximum absolute atomic E-state index is 12.5. The third kappa shape index (κ3) is 18.0. The minimum absolute atomic E-state index is 0.0979. The van der Waals surface area contributed by atoms with Crippen molar-refractivity contribution in [3.63, 3.8) is 0 Å². The number of carbonyl (C=O) groups excluding carboxylic acids is 2. The van der Waals surface area contributed by atoms with Crippen molar-refractivity contribution >= 4 is 11.8 Å². The highest BCUT2D eigenvalue weighted by Crippen LogP contribution is 2.19. The molecular weight excluding hydrogens is 372 g/mol. The van der Waals surface area contributed by atoms with Gasteiger partial charge in [-0.2, -0.15) is 0 Å². The molecule has 30 heavy (non-hydrogen) atoms. The monoisotopic (exact) mass is 424 g/mol. The van der Waals surface area contributed by atoms with Crippen LogP contribution in [-0.2, 0) is 14.3 Å². The van der Waals surface area contributed by atoms with Crippen molar-refractivity contribution in [2.24, 2.45) is 5.92 Å². The molecule has 3 heteroatoms. The van der Waals surface area contributed by atoms with Crippen molar-refractivity contribution in [2.75, 3.05) is 7.11 Å². The topological polar surface area (TPSA) is 43.4 Å². The zero-order valence-corrected chi connectivity index (χ0v) is 20.7. The Hall–Kier alpha value is -0.860. The fraction of sp³-hybridized carbons (Fsp3) is 0.926. The molecule has 0 aromatic carbocycles. The Morgan fingerprint density at radius 1 is 0.567 bits per heavy atom. The van der Waals surface area contributed by atoms with E-state index >= 15 is 0 Å². The van der Waals surface area contributed by atoms with Crippen LogP contribution in [0.25, 0.3) is 0 Å². The van der Waals surface area contributed by atoms with E-state index < -0.39 is 5.92 Å². The van der Waals surface area contributed by atoms with Crippen molar-refractivity contribution in [1.82, 2.24) is 0 Å². The molecule has 0 bridgehead atoms. The molecule has 0 saturated heterocycles. The number of hydrogen-bond donors (Lipinski definition) is 0. The summed E-state index contributed by atoms with van der Waals surface area (Å²) >= 11 is 0. The Kier molecular flexibility index (Phi) is 22.2. The van der Waals surface area contributed by atoms with Gasteiger partial charge in [-0.25, -0.2) is 0 Å². The molecule has 0 aliphatic carbocycles. The Balaban J connectivity index is 3.78. The van der Waals surface area contributed by atoms with Gasteiger partial charge in [0.05, 0.1) is 7.11 Å². The Bertz CT molecular complexity index is 392. The average Bonchev–Trinajstić information content (AvgIpc) is 2.75. The number of rotatable bonds is 23. The maximum atomic E-state index is 12.5. The van der Waals surface area contributed by atoms with Crippen LogP contribution >= 0.6 is 0 Å². The maximum Gasteiger partial charge on any atom is 0.316 e. The minimum atomic E-state index is -0.529. The molecule has 0 rings (SSSR count). The molecule has 0 aliphatic heterocycles. The first-order valence-electron chi connectivity index (χ1n) is 13.3. The molecule has 0 N–H and O–H groups in total. The third-order valence-electron chi connectivity index (χ3n) is 6.25. The fourth-order valence-corrected chi connectivity index (χ4v) is 4.17. The predicted octanol–water partition coefficient (Wildman–Crippen LogP) is 8.58. The molecule has 0 aliphatic rings. The van der Waals surface area contributed by atoms with E-state index in [1.807, 2.05) is 0 Å². The van der Waals surface area contributed by atoms with Crippen LogP contribution in [0.3, 0.4) is 0 Å². The van der Waals surface area contributed by atoms with E-state index in [4.69, 9.17) is 4.74 Å². The number of carbonyl (C=O) groups is 2. The summed E-state index contributed by atoms with van der Waals surface area (Å²) in [6, 6.07) is 0. The summed E-state index contributed by atoms with van der Waals surface area (Å²) in [4.78, 5) is 24.6. The van der Waals surface area contributed by atoms with Gasteiger partial charge in [0.2, 0.25) is 0 Å². The molecule has 0 spiro atoms. The molecule has 1 atom stereocenters. The lowest BCUT2D eigenvalue weighted by molar-refractivity contribution is -0.149. The van der Waals surface area contributed by atoms with E-state index in [1.165, 1.54) is 103 Å². The van der Waals surface area contributed by atoms with E-state index in [1.54, 1.807) is 0 Å². The number of ketones is 1. The number of Topliss-reactive ketones (excluding diaryl/α,β-unsaturated/α-hetero) is 1. The molecule has 178 valence electrons. The van der Waals surface area contributed by atoms with E-state index in [-0.39, 0.29) is 11.8 Å². The highest BCUT2D eigenvalue weighted by atomic mass is 16.5. The average molecular weight is 425 g/mol. The van der Waals surface area contributed by atoms with Crippen molar-refractivity contribution < 1.29 is 14.3 Å². The minimum Gasteiger partial charge on any atom is -0.468 e. The van der Waals surface area contributed by atoms with Crippen LogP contribution in [0.4, 0.5) is 0 Å². The quantitative estimate of drug-likeness (QED) is 0.0937. The van der Waals surface area contributed by atoms with Crippen LogP contribution in [-0.4, -0.2) is 18.9 Å². The van der Waals surface area contributed by atoms with Crippen LogP contribution in [0.15, 0.2) is 0 Å². The van der Waals surface area contributed by atoms with E-state index in [9.17, 15) is 9.59 Å². The first-order chi connectivity index (χ1) is 14.7. The van der Waals surface area contributed by atoms with Crippen LogP contribution in [0.5, 0.6) is 0 Å². The second-order valence-corrected chi connectivity index (χ2v) is 9.09. The largest absolute Gasteiger partial charge is 0.468 e. The lowest BCUT2D eigenvalue weighted by Crippen LogP contribution is -2.25. The second kappa shape index (κ2) is 22.8. The standard InChI is InChI=1S/C27H52O3/c1-4-6-8-10-12-14-15-16-18-20-22-24-26(28)25(27(29)30-3)23-21-19-17-13-11-9-7-5-2/h25H,4-24H2,1-3H3. The van der Waals surface area contributed by atoms with Crippen molar-refractivity contribution in [2.45, 2.75) is 149 Å². The van der Waals surface area contributed by atoms with Gasteiger partial charge in [-0.1, -0.05) is 129 Å². The van der Waals surface area contributed by atoms with E-state index in [2.05, 4.69) is 13.8 Å². The summed E-state index contributed by atoms with van der Waals surface area (Å²) in [6.07, 6.45) is 25.0.